The molecule has 7 nitrogen and oxygen atoms in total. The van der Waals surface area contributed by atoms with E-state index in [1.54, 1.807) is 37.2 Å². The summed E-state index contributed by atoms with van der Waals surface area (Å²) in [5.41, 5.74) is 0.751. The van der Waals surface area contributed by atoms with Gasteiger partial charge in [-0.2, -0.15) is 8.42 Å². The Bertz CT molecular complexity index is 671. The normalized spacial score (nSPS) is 11.3. The summed E-state index contributed by atoms with van der Waals surface area (Å²) in [5, 5.41) is 0. The number of nitrogens with zero attached hydrogens (tertiary/aromatic N) is 2. The van der Waals surface area contributed by atoms with E-state index in [1.165, 1.54) is 18.9 Å². The number of rotatable bonds is 7. The summed E-state index contributed by atoms with van der Waals surface area (Å²) in [5.74, 6) is 0.307. The van der Waals surface area contributed by atoms with Gasteiger partial charge in [-0.25, -0.2) is 4.79 Å². The summed E-state index contributed by atoms with van der Waals surface area (Å²) in [6.45, 7) is 5.68. The molecule has 136 valence electrons. The molecule has 8 heteroatoms. The van der Waals surface area contributed by atoms with Crippen molar-refractivity contribution in [2.45, 2.75) is 33.4 Å². The average Bonchev–Trinajstić information content (AvgIpc) is 2.51. The number of urea groups is 1. The number of methoxy groups -OCH3 is 1. The highest BCUT2D eigenvalue weighted by Crippen LogP contribution is 2.30. The zero-order chi connectivity index (χ0) is 18.5. The number of carbonyl (C=O) groups excluding carboxylic acids is 1. The zero-order valence-electron chi connectivity index (χ0n) is 15.1. The van der Waals surface area contributed by atoms with E-state index < -0.39 is 10.1 Å². The largest absolute Gasteiger partial charge is 0.493 e. The molecule has 0 saturated heterocycles. The molecule has 0 aliphatic carbocycles. The van der Waals surface area contributed by atoms with Crippen molar-refractivity contribution in [2.75, 3.05) is 27.0 Å². The lowest BCUT2D eigenvalue weighted by atomic mass is 10.1. The Hall–Kier alpha value is -1.96. The van der Waals surface area contributed by atoms with E-state index in [0.717, 1.165) is 5.56 Å². The molecule has 0 fully saturated rings. The van der Waals surface area contributed by atoms with Crippen molar-refractivity contribution in [3.05, 3.63) is 23.8 Å². The summed E-state index contributed by atoms with van der Waals surface area (Å²) in [7, 11) is 1.15. The molecule has 0 atom stereocenters. The van der Waals surface area contributed by atoms with Crippen LogP contribution in [0.5, 0.6) is 11.5 Å². The van der Waals surface area contributed by atoms with Gasteiger partial charge in [-0.1, -0.05) is 6.07 Å². The minimum absolute atomic E-state index is 0.00857. The molecule has 0 N–H and O–H groups in total. The van der Waals surface area contributed by atoms with Crippen molar-refractivity contribution in [3.8, 4) is 11.5 Å². The van der Waals surface area contributed by atoms with Crippen LogP contribution in [0.25, 0.3) is 0 Å². The van der Waals surface area contributed by atoms with Gasteiger partial charge in [0.05, 0.1) is 12.9 Å². The fourth-order valence-electron chi connectivity index (χ4n) is 2.00. The lowest BCUT2D eigenvalue weighted by Crippen LogP contribution is -2.42. The molecular formula is C16H26N2O5S. The number of hydrogen-bond acceptors (Lipinski definition) is 5. The van der Waals surface area contributed by atoms with Crippen LogP contribution < -0.4 is 8.92 Å². The van der Waals surface area contributed by atoms with Gasteiger partial charge in [-0.3, -0.25) is 0 Å². The van der Waals surface area contributed by atoms with Gasteiger partial charge in [0, 0.05) is 26.7 Å². The van der Waals surface area contributed by atoms with E-state index in [2.05, 4.69) is 0 Å². The van der Waals surface area contributed by atoms with Crippen molar-refractivity contribution in [1.82, 2.24) is 9.80 Å². The molecule has 0 radical (unpaired) electrons. The van der Waals surface area contributed by atoms with Crippen molar-refractivity contribution >= 4 is 16.1 Å². The van der Waals surface area contributed by atoms with Crippen LogP contribution in [0.4, 0.5) is 4.79 Å². The maximum Gasteiger partial charge on any atom is 0.320 e. The van der Waals surface area contributed by atoms with E-state index in [9.17, 15) is 13.2 Å². The van der Waals surface area contributed by atoms with Crippen LogP contribution in [0.15, 0.2) is 18.2 Å². The maximum absolute atomic E-state index is 12.3. The molecule has 0 aromatic heterocycles. The Morgan fingerprint density at radius 1 is 1.21 bits per heavy atom. The third-order valence-electron chi connectivity index (χ3n) is 3.40. The second-order valence-electron chi connectivity index (χ2n) is 5.81. The van der Waals surface area contributed by atoms with E-state index in [0.29, 0.717) is 12.3 Å². The van der Waals surface area contributed by atoms with Gasteiger partial charge in [-0.15, -0.1) is 0 Å². The summed E-state index contributed by atoms with van der Waals surface area (Å²) < 4.78 is 33.7. The third kappa shape index (κ3) is 5.30. The molecular weight excluding hydrogens is 332 g/mol. The Balaban J connectivity index is 3.14. The topological polar surface area (TPSA) is 76.2 Å². The fourth-order valence-corrected chi connectivity index (χ4v) is 2.53. The van der Waals surface area contributed by atoms with E-state index in [1.807, 2.05) is 13.8 Å². The molecule has 1 aromatic rings. The molecule has 0 aliphatic heterocycles. The second kappa shape index (κ2) is 8.23. The van der Waals surface area contributed by atoms with E-state index >= 15 is 0 Å². The van der Waals surface area contributed by atoms with Crippen LogP contribution in [0.2, 0.25) is 0 Å². The predicted molar refractivity (Wildman–Crippen MR) is 92.8 cm³/mol. The first-order valence-corrected chi connectivity index (χ1v) is 9.26. The Morgan fingerprint density at radius 2 is 1.83 bits per heavy atom. The van der Waals surface area contributed by atoms with Crippen LogP contribution >= 0.6 is 0 Å². The number of ether oxygens (including phenoxy) is 1. The first-order valence-electron chi connectivity index (χ1n) is 7.68. The van der Waals surface area contributed by atoms with E-state index in [-0.39, 0.29) is 23.6 Å². The standard InChI is InChI=1S/C16H26N2O5S/c1-7-24(20,21)23-15-10-13(8-9-14(15)22-6)11-18(12(2)3)16(19)17(4)5/h8-10,12H,7,11H2,1-6H3. The number of benzene rings is 1. The Morgan fingerprint density at radius 3 is 2.29 bits per heavy atom. The molecule has 0 bridgehead atoms. The lowest BCUT2D eigenvalue weighted by Gasteiger charge is -2.30. The number of hydrogen-bond donors (Lipinski definition) is 0. The minimum Gasteiger partial charge on any atom is -0.493 e. The number of amides is 2. The monoisotopic (exact) mass is 358 g/mol. The Kier molecular flexibility index (Phi) is 6.89. The summed E-state index contributed by atoms with van der Waals surface area (Å²) >= 11 is 0. The smallest absolute Gasteiger partial charge is 0.320 e. The van der Waals surface area contributed by atoms with Crippen LogP contribution in [-0.4, -0.2) is 57.2 Å². The van der Waals surface area contributed by atoms with Gasteiger partial charge in [0.1, 0.15) is 0 Å². The third-order valence-corrected chi connectivity index (χ3v) is 4.54. The molecule has 0 spiro atoms. The fraction of sp³-hybridized carbons (Fsp3) is 0.562. The lowest BCUT2D eigenvalue weighted by molar-refractivity contribution is 0.153. The average molecular weight is 358 g/mol. The number of carbonyl (C=O) groups is 1. The molecule has 0 aliphatic rings. The van der Waals surface area contributed by atoms with Gasteiger partial charge in [0.2, 0.25) is 0 Å². The summed E-state index contributed by atoms with van der Waals surface area (Å²) in [4.78, 5) is 15.5. The first-order chi connectivity index (χ1) is 11.1. The predicted octanol–water partition coefficient (Wildman–Crippen LogP) is 2.32. The van der Waals surface area contributed by atoms with Gasteiger partial charge in [0.25, 0.3) is 0 Å². The highest BCUT2D eigenvalue weighted by Gasteiger charge is 2.20. The summed E-state index contributed by atoms with van der Waals surface area (Å²) in [6, 6.07) is 4.87. The van der Waals surface area contributed by atoms with Crippen molar-refractivity contribution in [2.24, 2.45) is 0 Å². The van der Waals surface area contributed by atoms with Crippen molar-refractivity contribution in [1.29, 1.82) is 0 Å². The van der Waals surface area contributed by atoms with Crippen molar-refractivity contribution < 1.29 is 22.1 Å². The second-order valence-corrected chi connectivity index (χ2v) is 7.67. The van der Waals surface area contributed by atoms with Crippen LogP contribution in [0.1, 0.15) is 26.3 Å². The van der Waals surface area contributed by atoms with Crippen LogP contribution in [0.3, 0.4) is 0 Å². The Labute approximate surface area is 144 Å². The van der Waals surface area contributed by atoms with Gasteiger partial charge >= 0.3 is 16.1 Å². The summed E-state index contributed by atoms with van der Waals surface area (Å²) in [6.07, 6.45) is 0. The van der Waals surface area contributed by atoms with Gasteiger partial charge in [-0.05, 0) is 38.5 Å². The highest BCUT2D eigenvalue weighted by molar-refractivity contribution is 7.87. The molecule has 0 unspecified atom stereocenters. The molecule has 1 aromatic carbocycles. The highest BCUT2D eigenvalue weighted by atomic mass is 32.2. The molecule has 1 rings (SSSR count). The maximum atomic E-state index is 12.3. The quantitative estimate of drug-likeness (QED) is 0.699. The van der Waals surface area contributed by atoms with Gasteiger partial charge in [0.15, 0.2) is 11.5 Å². The molecule has 24 heavy (non-hydrogen) atoms. The van der Waals surface area contributed by atoms with Gasteiger partial charge < -0.3 is 18.7 Å². The van der Waals surface area contributed by atoms with E-state index in [4.69, 9.17) is 8.92 Å². The molecule has 2 amide bonds. The molecule has 0 saturated carbocycles. The molecule has 0 heterocycles. The van der Waals surface area contributed by atoms with Crippen LogP contribution in [-0.2, 0) is 16.7 Å². The minimum atomic E-state index is -3.67. The SMILES string of the molecule is CCS(=O)(=O)Oc1cc(CN(C(=O)N(C)C)C(C)C)ccc1OC. The van der Waals surface area contributed by atoms with Crippen molar-refractivity contribution in [3.63, 3.8) is 0 Å². The van der Waals surface area contributed by atoms with Crippen LogP contribution in [0, 0.1) is 0 Å². The zero-order valence-corrected chi connectivity index (χ0v) is 15.9. The first kappa shape index (κ1) is 20.1.